The molecule has 0 unspecified atom stereocenters. The van der Waals surface area contributed by atoms with E-state index in [-0.39, 0.29) is 5.92 Å². The van der Waals surface area contributed by atoms with Crippen LogP contribution in [-0.2, 0) is 9.84 Å². The van der Waals surface area contributed by atoms with Crippen molar-refractivity contribution in [3.63, 3.8) is 0 Å². The number of fused-ring (bicyclic) bond motifs is 3. The Hall–Kier alpha value is -1.62. The lowest BCUT2D eigenvalue weighted by molar-refractivity contribution is 0.596. The fraction of sp³-hybridized carbons (Fsp3) is 0.250. The van der Waals surface area contributed by atoms with Crippen LogP contribution in [0.3, 0.4) is 0 Å². The van der Waals surface area contributed by atoms with Crippen LogP contribution in [0.2, 0.25) is 0 Å². The van der Waals surface area contributed by atoms with Crippen LogP contribution in [0, 0.1) is 0 Å². The van der Waals surface area contributed by atoms with Crippen LogP contribution in [0.25, 0.3) is 11.3 Å². The average molecular weight is 248 g/mol. The average Bonchev–Trinajstić information content (AvgIpc) is 2.81. The molecule has 4 nitrogen and oxygen atoms in total. The lowest BCUT2D eigenvalue weighted by Crippen LogP contribution is -2.01. The molecule has 2 heterocycles. The first-order valence-electron chi connectivity index (χ1n) is 5.46. The second-order valence-corrected chi connectivity index (χ2v) is 6.32. The molecular weight excluding hydrogens is 236 g/mol. The van der Waals surface area contributed by atoms with Crippen molar-refractivity contribution in [2.24, 2.45) is 0 Å². The van der Waals surface area contributed by atoms with Crippen molar-refractivity contribution in [3.8, 4) is 11.3 Å². The summed E-state index contributed by atoms with van der Waals surface area (Å²) in [6.07, 6.45) is 0. The zero-order valence-electron chi connectivity index (χ0n) is 9.56. The highest BCUT2D eigenvalue weighted by atomic mass is 32.2. The Morgan fingerprint density at radius 2 is 1.94 bits per heavy atom. The van der Waals surface area contributed by atoms with Gasteiger partial charge in [-0.1, -0.05) is 32.0 Å². The van der Waals surface area contributed by atoms with Gasteiger partial charge in [0.15, 0.2) is 0 Å². The number of nitrogens with one attached hydrogen (secondary N) is 1. The van der Waals surface area contributed by atoms with Gasteiger partial charge in [-0.2, -0.15) is 5.10 Å². The van der Waals surface area contributed by atoms with E-state index in [4.69, 9.17) is 0 Å². The molecular formula is C12H12N2O2S. The van der Waals surface area contributed by atoms with Crippen LogP contribution >= 0.6 is 0 Å². The quantitative estimate of drug-likeness (QED) is 0.719. The molecule has 0 saturated carbocycles. The molecule has 0 spiro atoms. The second kappa shape index (κ2) is 3.20. The summed E-state index contributed by atoms with van der Waals surface area (Å²) >= 11 is 0. The minimum absolute atomic E-state index is 0.107. The van der Waals surface area contributed by atoms with E-state index in [9.17, 15) is 8.42 Å². The molecule has 1 N–H and O–H groups in total. The van der Waals surface area contributed by atoms with Gasteiger partial charge < -0.3 is 0 Å². The number of aromatic amines is 1. The van der Waals surface area contributed by atoms with Gasteiger partial charge in [0, 0.05) is 5.56 Å². The van der Waals surface area contributed by atoms with E-state index in [0.717, 1.165) is 0 Å². The van der Waals surface area contributed by atoms with Gasteiger partial charge in [-0.15, -0.1) is 0 Å². The van der Waals surface area contributed by atoms with Crippen molar-refractivity contribution in [2.75, 3.05) is 0 Å². The molecule has 17 heavy (non-hydrogen) atoms. The summed E-state index contributed by atoms with van der Waals surface area (Å²) in [5.41, 5.74) is 1.95. The van der Waals surface area contributed by atoms with E-state index < -0.39 is 9.84 Å². The van der Waals surface area contributed by atoms with Crippen LogP contribution in [0.1, 0.15) is 25.5 Å². The Balaban J connectivity index is 2.42. The van der Waals surface area contributed by atoms with Gasteiger partial charge in [0.1, 0.15) is 10.6 Å². The first-order chi connectivity index (χ1) is 8.03. The van der Waals surface area contributed by atoms with Crippen LogP contribution < -0.4 is 0 Å². The summed E-state index contributed by atoms with van der Waals surface area (Å²) in [5, 5.41) is 6.99. The number of rotatable bonds is 1. The molecule has 1 aliphatic heterocycles. The van der Waals surface area contributed by atoms with Crippen molar-refractivity contribution in [1.82, 2.24) is 10.2 Å². The second-order valence-electron chi connectivity index (χ2n) is 4.47. The molecule has 0 amide bonds. The molecule has 0 aliphatic carbocycles. The Kier molecular flexibility index (Phi) is 1.98. The van der Waals surface area contributed by atoms with Gasteiger partial charge in [0.25, 0.3) is 0 Å². The Bertz CT molecular complexity index is 699. The first kappa shape index (κ1) is 10.5. The molecule has 1 aromatic carbocycles. The number of nitrogens with zero attached hydrogens (tertiary/aromatic N) is 1. The topological polar surface area (TPSA) is 62.8 Å². The van der Waals surface area contributed by atoms with Crippen LogP contribution in [0.5, 0.6) is 0 Å². The highest BCUT2D eigenvalue weighted by Gasteiger charge is 2.38. The summed E-state index contributed by atoms with van der Waals surface area (Å²) in [7, 11) is -3.39. The smallest absolute Gasteiger partial charge is 0.211 e. The van der Waals surface area contributed by atoms with E-state index >= 15 is 0 Å². The van der Waals surface area contributed by atoms with E-state index in [1.807, 2.05) is 19.9 Å². The summed E-state index contributed by atoms with van der Waals surface area (Å²) < 4.78 is 24.8. The van der Waals surface area contributed by atoms with E-state index in [2.05, 4.69) is 10.2 Å². The van der Waals surface area contributed by atoms with Crippen molar-refractivity contribution in [2.45, 2.75) is 29.6 Å². The van der Waals surface area contributed by atoms with Gasteiger partial charge in [0.05, 0.1) is 10.6 Å². The minimum atomic E-state index is -3.39. The number of H-pyrrole nitrogens is 1. The molecule has 0 saturated heterocycles. The third-order valence-electron chi connectivity index (χ3n) is 3.03. The largest absolute Gasteiger partial charge is 0.280 e. The molecule has 1 aromatic heterocycles. The predicted octanol–water partition coefficient (Wildman–Crippen LogP) is 2.35. The van der Waals surface area contributed by atoms with Crippen LogP contribution in [-0.4, -0.2) is 18.6 Å². The maximum absolute atomic E-state index is 12.4. The number of aromatic nitrogens is 2. The maximum atomic E-state index is 12.4. The SMILES string of the molecule is CC(C)c1[nH]nc2c1S(=O)(=O)c1ccccc1-2. The molecule has 2 aromatic rings. The van der Waals surface area contributed by atoms with E-state index in [0.29, 0.717) is 26.7 Å². The van der Waals surface area contributed by atoms with Crippen LogP contribution in [0.15, 0.2) is 34.1 Å². The molecule has 0 radical (unpaired) electrons. The predicted molar refractivity (Wildman–Crippen MR) is 63.6 cm³/mol. The maximum Gasteiger partial charge on any atom is 0.211 e. The number of hydrogen-bond acceptors (Lipinski definition) is 3. The third kappa shape index (κ3) is 1.23. The monoisotopic (exact) mass is 248 g/mol. The lowest BCUT2D eigenvalue weighted by Gasteiger charge is -2.04. The number of benzene rings is 1. The highest BCUT2D eigenvalue weighted by Crippen LogP contribution is 2.44. The van der Waals surface area contributed by atoms with E-state index in [1.165, 1.54) is 0 Å². The summed E-state index contributed by atoms with van der Waals surface area (Å²) in [5.74, 6) is 0.107. The van der Waals surface area contributed by atoms with Gasteiger partial charge in [-0.3, -0.25) is 5.10 Å². The molecule has 0 atom stereocenters. The summed E-state index contributed by atoms with van der Waals surface area (Å²) in [4.78, 5) is 0.724. The zero-order valence-corrected chi connectivity index (χ0v) is 10.4. The molecule has 5 heteroatoms. The fourth-order valence-electron chi connectivity index (χ4n) is 2.20. The Labute approximate surface area is 99.6 Å². The van der Waals surface area contributed by atoms with Crippen LogP contribution in [0.4, 0.5) is 0 Å². The zero-order chi connectivity index (χ0) is 12.2. The molecule has 0 bridgehead atoms. The molecule has 3 rings (SSSR count). The Morgan fingerprint density at radius 1 is 1.24 bits per heavy atom. The fourth-order valence-corrected chi connectivity index (χ4v) is 4.11. The molecule has 88 valence electrons. The Morgan fingerprint density at radius 3 is 2.65 bits per heavy atom. The van der Waals surface area contributed by atoms with Gasteiger partial charge in [-0.05, 0) is 12.0 Å². The van der Waals surface area contributed by atoms with Gasteiger partial charge in [-0.25, -0.2) is 8.42 Å². The van der Waals surface area contributed by atoms with Crippen molar-refractivity contribution in [1.29, 1.82) is 0 Å². The standard InChI is InChI=1S/C12H12N2O2S/c1-7(2)10-12-11(14-13-10)8-5-3-4-6-9(8)17(12,15)16/h3-7H,1-2H3,(H,13,14). The minimum Gasteiger partial charge on any atom is -0.280 e. The summed E-state index contributed by atoms with van der Waals surface area (Å²) in [6, 6.07) is 6.99. The third-order valence-corrected chi connectivity index (χ3v) is 4.91. The van der Waals surface area contributed by atoms with Crippen molar-refractivity contribution < 1.29 is 8.42 Å². The van der Waals surface area contributed by atoms with Gasteiger partial charge >= 0.3 is 0 Å². The van der Waals surface area contributed by atoms with Crippen molar-refractivity contribution >= 4 is 9.84 Å². The first-order valence-corrected chi connectivity index (χ1v) is 6.94. The number of hydrogen-bond donors (Lipinski definition) is 1. The number of sulfone groups is 1. The highest BCUT2D eigenvalue weighted by molar-refractivity contribution is 7.92. The van der Waals surface area contributed by atoms with Gasteiger partial charge in [0.2, 0.25) is 9.84 Å². The van der Waals surface area contributed by atoms with E-state index in [1.54, 1.807) is 18.2 Å². The lowest BCUT2D eigenvalue weighted by atomic mass is 10.1. The molecule has 0 fully saturated rings. The normalized spacial score (nSPS) is 15.9. The molecule has 1 aliphatic rings. The summed E-state index contributed by atoms with van der Waals surface area (Å²) in [6.45, 7) is 3.90. The van der Waals surface area contributed by atoms with Crippen molar-refractivity contribution in [3.05, 3.63) is 30.0 Å².